The molecule has 3 aromatic carbocycles. The Labute approximate surface area is 189 Å². The largest absolute Gasteiger partial charge is 0.505 e. The molecule has 1 heterocycles. The fraction of sp³-hybridized carbons (Fsp3) is 0.0833. The highest BCUT2D eigenvalue weighted by Crippen LogP contribution is 2.39. The minimum absolute atomic E-state index is 0.0896. The van der Waals surface area contributed by atoms with Crippen LogP contribution in [-0.2, 0) is 11.3 Å². The van der Waals surface area contributed by atoms with E-state index in [4.69, 9.17) is 27.9 Å². The van der Waals surface area contributed by atoms with E-state index in [1.54, 1.807) is 48.7 Å². The molecule has 0 saturated carbocycles. The highest BCUT2D eigenvalue weighted by Gasteiger charge is 2.25. The number of hydrogen-bond acceptors (Lipinski definition) is 4. The number of ether oxygens (including phenoxy) is 1. The van der Waals surface area contributed by atoms with Gasteiger partial charge in [-0.2, -0.15) is 0 Å². The topological polar surface area (TPSA) is 71.5 Å². The zero-order chi connectivity index (χ0) is 21.8. The van der Waals surface area contributed by atoms with Crippen molar-refractivity contribution < 1.29 is 14.6 Å². The summed E-state index contributed by atoms with van der Waals surface area (Å²) in [5, 5.41) is 15.2. The van der Waals surface area contributed by atoms with E-state index in [1.807, 2.05) is 30.3 Å². The number of hydrogen-bond donors (Lipinski definition) is 2. The molecule has 7 heteroatoms. The Morgan fingerprint density at radius 3 is 2.48 bits per heavy atom. The van der Waals surface area contributed by atoms with Gasteiger partial charge in [-0.15, -0.1) is 0 Å². The smallest absolute Gasteiger partial charge is 0.408 e. The molecule has 4 aromatic rings. The molecule has 5 nitrogen and oxygen atoms in total. The Morgan fingerprint density at radius 2 is 1.71 bits per heavy atom. The van der Waals surface area contributed by atoms with Crippen LogP contribution in [-0.4, -0.2) is 16.2 Å². The third kappa shape index (κ3) is 4.58. The predicted molar refractivity (Wildman–Crippen MR) is 121 cm³/mol. The number of nitrogens with zero attached hydrogens (tertiary/aromatic N) is 1. The quantitative estimate of drug-likeness (QED) is 0.374. The van der Waals surface area contributed by atoms with E-state index in [0.29, 0.717) is 32.1 Å². The molecule has 156 valence electrons. The van der Waals surface area contributed by atoms with Gasteiger partial charge in [-0.1, -0.05) is 71.7 Å². The predicted octanol–water partition coefficient (Wildman–Crippen LogP) is 6.26. The second-order valence-corrected chi connectivity index (χ2v) is 7.67. The molecule has 0 bridgehead atoms. The van der Waals surface area contributed by atoms with Crippen LogP contribution in [0.25, 0.3) is 10.9 Å². The summed E-state index contributed by atoms with van der Waals surface area (Å²) < 4.78 is 5.38. The molecule has 0 radical (unpaired) electrons. The molecule has 31 heavy (non-hydrogen) atoms. The summed E-state index contributed by atoms with van der Waals surface area (Å²) in [6.07, 6.45) is 0.902. The molecular weight excluding hydrogens is 435 g/mol. The number of pyridine rings is 1. The van der Waals surface area contributed by atoms with Gasteiger partial charge in [0.15, 0.2) is 0 Å². The number of nitrogens with one attached hydrogen (secondary N) is 1. The average Bonchev–Trinajstić information content (AvgIpc) is 2.80. The van der Waals surface area contributed by atoms with Gasteiger partial charge >= 0.3 is 6.09 Å². The van der Waals surface area contributed by atoms with Crippen LogP contribution in [0, 0.1) is 0 Å². The molecule has 1 aromatic heterocycles. The third-order valence-electron chi connectivity index (χ3n) is 4.85. The molecule has 0 aliphatic rings. The summed E-state index contributed by atoms with van der Waals surface area (Å²) in [6.45, 7) is 0.105. The number of rotatable bonds is 5. The summed E-state index contributed by atoms with van der Waals surface area (Å²) in [5.41, 5.74) is 2.14. The molecule has 4 rings (SSSR count). The van der Waals surface area contributed by atoms with Gasteiger partial charge < -0.3 is 15.2 Å². The second kappa shape index (κ2) is 9.25. The van der Waals surface area contributed by atoms with Crippen molar-refractivity contribution in [2.24, 2.45) is 0 Å². The van der Waals surface area contributed by atoms with Crippen molar-refractivity contribution in [1.82, 2.24) is 10.3 Å². The molecular formula is C24H18Cl2N2O3. The summed E-state index contributed by atoms with van der Waals surface area (Å²) in [6, 6.07) is 20.7. The number of fused-ring (bicyclic) bond motifs is 1. The van der Waals surface area contributed by atoms with Crippen LogP contribution in [0.1, 0.15) is 22.7 Å². The third-order valence-corrected chi connectivity index (χ3v) is 5.50. The van der Waals surface area contributed by atoms with Gasteiger partial charge in [0.2, 0.25) is 0 Å². The minimum Gasteiger partial charge on any atom is -0.505 e. The van der Waals surface area contributed by atoms with Gasteiger partial charge in [0, 0.05) is 22.2 Å². The lowest BCUT2D eigenvalue weighted by Crippen LogP contribution is -2.30. The second-order valence-electron chi connectivity index (χ2n) is 6.86. The number of aromatic hydroxyl groups is 1. The fourth-order valence-corrected chi connectivity index (χ4v) is 3.86. The maximum atomic E-state index is 12.6. The first-order chi connectivity index (χ1) is 15.0. The highest BCUT2D eigenvalue weighted by molar-refractivity contribution is 6.35. The number of benzene rings is 3. The standard InChI is InChI=1S/C24H18Cl2N2O3/c25-19-11-5-4-9-16(19)21(28-24(30)31-14-15-7-2-1-3-8-15)18-13-20(26)17-10-6-12-27-22(17)23(18)29/h1-13,21,29H,14H2,(H,28,30). The Kier molecular flexibility index (Phi) is 6.26. The lowest BCUT2D eigenvalue weighted by atomic mass is 9.96. The first-order valence-electron chi connectivity index (χ1n) is 9.52. The van der Waals surface area contributed by atoms with Gasteiger partial charge in [0.1, 0.15) is 17.9 Å². The van der Waals surface area contributed by atoms with Crippen molar-refractivity contribution in [3.05, 3.63) is 106 Å². The average molecular weight is 453 g/mol. The van der Waals surface area contributed by atoms with E-state index in [1.165, 1.54) is 0 Å². The Bertz CT molecular complexity index is 1230. The molecule has 0 saturated heterocycles. The molecule has 1 unspecified atom stereocenters. The summed E-state index contributed by atoms with van der Waals surface area (Å²) in [7, 11) is 0. The monoisotopic (exact) mass is 452 g/mol. The van der Waals surface area contributed by atoms with E-state index < -0.39 is 12.1 Å². The van der Waals surface area contributed by atoms with Gasteiger partial charge in [0.25, 0.3) is 0 Å². The Balaban J connectivity index is 1.71. The highest BCUT2D eigenvalue weighted by atomic mass is 35.5. The number of amides is 1. The van der Waals surface area contributed by atoms with Crippen molar-refractivity contribution in [2.45, 2.75) is 12.6 Å². The summed E-state index contributed by atoms with van der Waals surface area (Å²) in [4.78, 5) is 16.9. The van der Waals surface area contributed by atoms with Crippen molar-refractivity contribution >= 4 is 40.2 Å². The van der Waals surface area contributed by atoms with Gasteiger partial charge in [0.05, 0.1) is 11.1 Å². The zero-order valence-corrected chi connectivity index (χ0v) is 17.8. The number of alkyl carbamates (subject to hydrolysis) is 1. The van der Waals surface area contributed by atoms with Gasteiger partial charge in [-0.25, -0.2) is 4.79 Å². The molecule has 1 atom stereocenters. The lowest BCUT2D eigenvalue weighted by molar-refractivity contribution is 0.137. The van der Waals surface area contributed by atoms with E-state index in [9.17, 15) is 9.90 Å². The molecule has 0 aliphatic heterocycles. The Hall–Kier alpha value is -3.28. The molecule has 2 N–H and O–H groups in total. The van der Waals surface area contributed by atoms with Crippen LogP contribution in [0.4, 0.5) is 4.79 Å². The van der Waals surface area contributed by atoms with Gasteiger partial charge in [-0.05, 0) is 35.4 Å². The van der Waals surface area contributed by atoms with Crippen molar-refractivity contribution in [2.75, 3.05) is 0 Å². The maximum absolute atomic E-state index is 12.6. The fourth-order valence-electron chi connectivity index (χ4n) is 3.34. The number of phenolic OH excluding ortho intramolecular Hbond substituents is 1. The number of phenols is 1. The summed E-state index contributed by atoms with van der Waals surface area (Å²) in [5.74, 6) is -0.0896. The first kappa shape index (κ1) is 21.0. The number of carbonyl (C=O) groups is 1. The zero-order valence-electron chi connectivity index (χ0n) is 16.3. The molecule has 0 aliphatic carbocycles. The summed E-state index contributed by atoms with van der Waals surface area (Å²) >= 11 is 12.9. The van der Waals surface area contributed by atoms with Crippen molar-refractivity contribution in [3.63, 3.8) is 0 Å². The molecule has 0 spiro atoms. The van der Waals surface area contributed by atoms with Crippen molar-refractivity contribution in [3.8, 4) is 5.75 Å². The molecule has 1 amide bonds. The van der Waals surface area contributed by atoms with Crippen LogP contribution in [0.5, 0.6) is 5.75 Å². The van der Waals surface area contributed by atoms with Crippen LogP contribution in [0.3, 0.4) is 0 Å². The maximum Gasteiger partial charge on any atom is 0.408 e. The van der Waals surface area contributed by atoms with Crippen LogP contribution >= 0.6 is 23.2 Å². The lowest BCUT2D eigenvalue weighted by Gasteiger charge is -2.22. The van der Waals surface area contributed by atoms with E-state index in [2.05, 4.69) is 10.3 Å². The van der Waals surface area contributed by atoms with E-state index in [0.717, 1.165) is 5.56 Å². The van der Waals surface area contributed by atoms with Crippen LogP contribution < -0.4 is 5.32 Å². The number of carbonyl (C=O) groups excluding carboxylic acids is 1. The Morgan fingerprint density at radius 1 is 0.968 bits per heavy atom. The number of aromatic nitrogens is 1. The van der Waals surface area contributed by atoms with Crippen LogP contribution in [0.15, 0.2) is 79.0 Å². The number of halogens is 2. The van der Waals surface area contributed by atoms with Crippen LogP contribution in [0.2, 0.25) is 10.0 Å². The van der Waals surface area contributed by atoms with E-state index >= 15 is 0 Å². The van der Waals surface area contributed by atoms with Crippen molar-refractivity contribution in [1.29, 1.82) is 0 Å². The first-order valence-corrected chi connectivity index (χ1v) is 10.3. The van der Waals surface area contributed by atoms with Gasteiger partial charge in [-0.3, -0.25) is 4.98 Å². The molecule has 0 fully saturated rings. The van der Waals surface area contributed by atoms with E-state index in [-0.39, 0.29) is 12.4 Å². The minimum atomic E-state index is -0.805. The normalized spacial score (nSPS) is 11.8. The SMILES string of the molecule is O=C(NC(c1ccccc1Cl)c1cc(Cl)c2cccnc2c1O)OCc1ccccc1.